The highest BCUT2D eigenvalue weighted by Gasteiger charge is 2.47. The van der Waals surface area contributed by atoms with Gasteiger partial charge in [-0.3, -0.25) is 10.3 Å². The van der Waals surface area contributed by atoms with E-state index >= 15 is 0 Å². The van der Waals surface area contributed by atoms with Crippen molar-refractivity contribution in [2.24, 2.45) is 10.7 Å². The first kappa shape index (κ1) is 21.1. The number of aromatic nitrogens is 1. The molecule has 0 aliphatic carbocycles. The molecule has 3 rings (SSSR count). The van der Waals surface area contributed by atoms with Gasteiger partial charge in [0.15, 0.2) is 5.54 Å². The Labute approximate surface area is 172 Å². The number of amidine groups is 1. The zero-order valence-electron chi connectivity index (χ0n) is 15.0. The number of anilines is 1. The first-order valence-electron chi connectivity index (χ1n) is 8.36. The van der Waals surface area contributed by atoms with E-state index in [4.69, 9.17) is 15.2 Å². The zero-order chi connectivity index (χ0) is 21.2. The zero-order valence-corrected chi connectivity index (χ0v) is 16.6. The largest absolute Gasteiger partial charge is 0.418 e. The number of hydrogen-bond acceptors (Lipinski definition) is 6. The topological polar surface area (TPSA) is 98.8 Å². The molecule has 7 nitrogen and oxygen atoms in total. The van der Waals surface area contributed by atoms with Crippen molar-refractivity contribution < 1.29 is 27.4 Å². The van der Waals surface area contributed by atoms with Gasteiger partial charge in [-0.15, -0.1) is 0 Å². The summed E-state index contributed by atoms with van der Waals surface area (Å²) in [6, 6.07) is 6.26. The van der Waals surface area contributed by atoms with Gasteiger partial charge in [0.05, 0.1) is 6.61 Å². The highest BCUT2D eigenvalue weighted by molar-refractivity contribution is 9.10. The van der Waals surface area contributed by atoms with Crippen LogP contribution in [0.2, 0.25) is 0 Å². The van der Waals surface area contributed by atoms with Gasteiger partial charge in [-0.25, -0.2) is 22.9 Å². The van der Waals surface area contributed by atoms with Crippen molar-refractivity contribution in [3.05, 3.63) is 52.4 Å². The number of carbonyl (C=O) groups is 1. The van der Waals surface area contributed by atoms with E-state index in [0.717, 1.165) is 12.1 Å². The van der Waals surface area contributed by atoms with Crippen molar-refractivity contribution in [2.45, 2.75) is 25.0 Å². The molecule has 2 atom stereocenters. The molecular formula is C18H16BrF3N4O3. The van der Waals surface area contributed by atoms with Gasteiger partial charge in [0.2, 0.25) is 5.88 Å². The van der Waals surface area contributed by atoms with Gasteiger partial charge in [0.1, 0.15) is 17.8 Å². The summed E-state index contributed by atoms with van der Waals surface area (Å²) in [6.07, 6.45) is -3.27. The molecule has 3 N–H and O–H groups in total. The lowest BCUT2D eigenvalue weighted by molar-refractivity contribution is -0.0340. The summed E-state index contributed by atoms with van der Waals surface area (Å²) in [5, 5.41) is 2.34. The fraction of sp³-hybridized carbons (Fsp3) is 0.278. The van der Waals surface area contributed by atoms with E-state index < -0.39 is 42.1 Å². The van der Waals surface area contributed by atoms with Crippen LogP contribution in [-0.4, -0.2) is 36.0 Å². The van der Waals surface area contributed by atoms with Gasteiger partial charge in [-0.2, -0.15) is 0 Å². The third kappa shape index (κ3) is 4.51. The molecule has 2 aromatic rings. The lowest BCUT2D eigenvalue weighted by Gasteiger charge is -2.35. The summed E-state index contributed by atoms with van der Waals surface area (Å²) < 4.78 is 53.2. The molecule has 0 spiro atoms. The van der Waals surface area contributed by atoms with Crippen molar-refractivity contribution in [2.75, 3.05) is 11.9 Å². The maximum atomic E-state index is 14.4. The van der Waals surface area contributed by atoms with E-state index in [0.29, 0.717) is 4.47 Å². The highest BCUT2D eigenvalue weighted by Crippen LogP contribution is 2.38. The Bertz CT molecular complexity index is 942. The monoisotopic (exact) mass is 472 g/mol. The fourth-order valence-corrected chi connectivity index (χ4v) is 2.89. The van der Waals surface area contributed by atoms with E-state index in [1.54, 1.807) is 13.0 Å². The summed E-state index contributed by atoms with van der Waals surface area (Å²) in [5.41, 5.74) is 2.91. The van der Waals surface area contributed by atoms with Crippen molar-refractivity contribution in [1.29, 1.82) is 0 Å². The number of benzene rings is 1. The van der Waals surface area contributed by atoms with Crippen LogP contribution < -0.4 is 15.8 Å². The molecule has 1 amide bonds. The Morgan fingerprint density at radius 1 is 1.41 bits per heavy atom. The average Bonchev–Trinajstić information content (AvgIpc) is 2.67. The first-order chi connectivity index (χ1) is 13.7. The van der Waals surface area contributed by atoms with E-state index in [1.165, 1.54) is 18.3 Å². The number of nitrogens with zero attached hydrogens (tertiary/aromatic N) is 2. The Morgan fingerprint density at radius 3 is 2.79 bits per heavy atom. The normalized spacial score (nSPS) is 21.6. The molecule has 0 fully saturated rings. The van der Waals surface area contributed by atoms with Crippen LogP contribution in [0.3, 0.4) is 0 Å². The Kier molecular flexibility index (Phi) is 6.08. The van der Waals surface area contributed by atoms with Gasteiger partial charge in [0.25, 0.3) is 6.43 Å². The molecular weight excluding hydrogens is 457 g/mol. The van der Waals surface area contributed by atoms with Crippen molar-refractivity contribution in [3.63, 3.8) is 0 Å². The van der Waals surface area contributed by atoms with E-state index in [-0.39, 0.29) is 17.4 Å². The molecule has 0 saturated heterocycles. The number of alkyl halides is 2. The van der Waals surface area contributed by atoms with E-state index in [9.17, 15) is 18.0 Å². The van der Waals surface area contributed by atoms with Crippen LogP contribution in [-0.2, 0) is 10.3 Å². The fourth-order valence-electron chi connectivity index (χ4n) is 2.65. The highest BCUT2D eigenvalue weighted by atomic mass is 79.9. The van der Waals surface area contributed by atoms with Gasteiger partial charge >= 0.3 is 6.09 Å². The molecule has 1 aliphatic rings. The molecule has 1 aromatic carbocycles. The summed E-state index contributed by atoms with van der Waals surface area (Å²) in [5.74, 6) is -1.09. The predicted molar refractivity (Wildman–Crippen MR) is 103 cm³/mol. The molecule has 0 unspecified atom stereocenters. The molecule has 1 aliphatic heterocycles. The minimum absolute atomic E-state index is 0.0177. The molecule has 0 saturated carbocycles. The lowest BCUT2D eigenvalue weighted by Crippen LogP contribution is -2.48. The third-order valence-corrected chi connectivity index (χ3v) is 4.71. The second-order valence-electron chi connectivity index (χ2n) is 6.24. The smallest absolute Gasteiger partial charge is 0.391 e. The van der Waals surface area contributed by atoms with Crippen LogP contribution in [0.15, 0.2) is 46.0 Å². The van der Waals surface area contributed by atoms with Crippen molar-refractivity contribution >= 4 is 33.5 Å². The second kappa shape index (κ2) is 8.37. The predicted octanol–water partition coefficient (Wildman–Crippen LogP) is 3.83. The van der Waals surface area contributed by atoms with Crippen LogP contribution in [0, 0.1) is 5.82 Å². The SMILES string of the molecule is C[C@H]1OC[C@](c2cc(NC(=O)Oc3ccc(Br)cn3)ccc2F)(C(F)F)N=C1N. The second-order valence-corrected chi connectivity index (χ2v) is 7.15. The number of ether oxygens (including phenoxy) is 2. The van der Waals surface area contributed by atoms with E-state index in [1.807, 2.05) is 0 Å². The van der Waals surface area contributed by atoms with Crippen LogP contribution >= 0.6 is 15.9 Å². The number of carbonyl (C=O) groups excluding carboxylic acids is 1. The molecule has 154 valence electrons. The summed E-state index contributed by atoms with van der Waals surface area (Å²) in [7, 11) is 0. The Morgan fingerprint density at radius 2 is 2.17 bits per heavy atom. The third-order valence-electron chi connectivity index (χ3n) is 4.24. The van der Waals surface area contributed by atoms with Crippen LogP contribution in [0.4, 0.5) is 23.7 Å². The minimum atomic E-state index is -3.10. The number of hydrogen-bond donors (Lipinski definition) is 2. The summed E-state index contributed by atoms with van der Waals surface area (Å²) >= 11 is 3.20. The molecule has 0 radical (unpaired) electrons. The van der Waals surface area contributed by atoms with Crippen LogP contribution in [0.5, 0.6) is 5.88 Å². The number of halogens is 4. The maximum absolute atomic E-state index is 14.4. The molecule has 29 heavy (non-hydrogen) atoms. The molecule has 11 heteroatoms. The quantitative estimate of drug-likeness (QED) is 0.704. The van der Waals surface area contributed by atoms with Crippen LogP contribution in [0.25, 0.3) is 0 Å². The number of amides is 1. The minimum Gasteiger partial charge on any atom is -0.391 e. The van der Waals surface area contributed by atoms with Crippen molar-refractivity contribution in [1.82, 2.24) is 4.98 Å². The first-order valence-corrected chi connectivity index (χ1v) is 9.16. The van der Waals surface area contributed by atoms with Gasteiger partial charge < -0.3 is 15.2 Å². The molecule has 1 aromatic heterocycles. The average molecular weight is 473 g/mol. The van der Waals surface area contributed by atoms with Gasteiger partial charge in [0, 0.05) is 28.0 Å². The van der Waals surface area contributed by atoms with Gasteiger partial charge in [-0.1, -0.05) is 0 Å². The summed E-state index contributed by atoms with van der Waals surface area (Å²) in [6.45, 7) is 0.981. The Hall–Kier alpha value is -2.66. The van der Waals surface area contributed by atoms with Crippen molar-refractivity contribution in [3.8, 4) is 5.88 Å². The number of rotatable bonds is 4. The number of pyridine rings is 1. The van der Waals surface area contributed by atoms with Crippen LogP contribution in [0.1, 0.15) is 12.5 Å². The number of aliphatic imine (C=N–C) groups is 1. The van der Waals surface area contributed by atoms with E-state index in [2.05, 4.69) is 31.2 Å². The Balaban J connectivity index is 1.87. The van der Waals surface area contributed by atoms with Gasteiger partial charge in [-0.05, 0) is 47.1 Å². The number of nitrogens with two attached hydrogens (primary N) is 1. The standard InChI is InChI=1S/C18H16BrF3N4O3/c1-9-15(23)26-18(8-28-9,16(21)22)12-6-11(3-4-13(12)20)25-17(27)29-14-5-2-10(19)7-24-14/h2-7,9,16H,8H2,1H3,(H2,23,26)(H,25,27)/t9-,18+/m1/s1. The molecule has 2 heterocycles. The summed E-state index contributed by atoms with van der Waals surface area (Å²) in [4.78, 5) is 19.8. The maximum Gasteiger partial charge on any atom is 0.418 e. The number of nitrogens with one attached hydrogen (secondary N) is 1. The molecule has 0 bridgehead atoms. The lowest BCUT2D eigenvalue weighted by atomic mass is 9.89.